The molecule has 0 aromatic rings. The second kappa shape index (κ2) is 10.7. The van der Waals surface area contributed by atoms with Gasteiger partial charge in [-0.15, -0.1) is 0 Å². The van der Waals surface area contributed by atoms with Gasteiger partial charge in [0.15, 0.2) is 0 Å². The zero-order valence-electron chi connectivity index (χ0n) is 11.7. The predicted octanol–water partition coefficient (Wildman–Crippen LogP) is 0.823. The van der Waals surface area contributed by atoms with Gasteiger partial charge in [0.25, 0.3) is 0 Å². The molecule has 1 N–H and O–H groups in total. The molecule has 1 rings (SSSR count). The first-order valence-electron chi connectivity index (χ1n) is 6.88. The van der Waals surface area contributed by atoms with Gasteiger partial charge in [-0.1, -0.05) is 6.92 Å². The molecular weight excluding hydrogens is 234 g/mol. The Kier molecular flexibility index (Phi) is 9.42. The van der Waals surface area contributed by atoms with Gasteiger partial charge < -0.3 is 24.3 Å². The van der Waals surface area contributed by atoms with Crippen LogP contribution in [0.4, 0.5) is 0 Å². The lowest BCUT2D eigenvalue weighted by Crippen LogP contribution is -2.48. The average molecular weight is 261 g/mol. The van der Waals surface area contributed by atoms with E-state index < -0.39 is 0 Å². The minimum absolute atomic E-state index is 0.154. The fraction of sp³-hybridized carbons (Fsp3) is 1.00. The lowest BCUT2D eigenvalue weighted by molar-refractivity contribution is -0.0813. The molecule has 1 heterocycles. The van der Waals surface area contributed by atoms with Gasteiger partial charge in [-0.25, -0.2) is 0 Å². The molecule has 0 spiro atoms. The summed E-state index contributed by atoms with van der Waals surface area (Å²) in [6.45, 7) is 7.34. The van der Waals surface area contributed by atoms with Crippen LogP contribution in [0.1, 0.15) is 19.8 Å². The van der Waals surface area contributed by atoms with Crippen LogP contribution in [0.5, 0.6) is 0 Å². The molecule has 1 aliphatic rings. The second-order valence-corrected chi connectivity index (χ2v) is 4.40. The summed E-state index contributed by atoms with van der Waals surface area (Å²) in [5.74, 6) is 0. The van der Waals surface area contributed by atoms with Crippen molar-refractivity contribution in [2.24, 2.45) is 0 Å². The number of methoxy groups -OCH3 is 1. The van der Waals surface area contributed by atoms with Crippen LogP contribution in [0.3, 0.4) is 0 Å². The molecule has 0 amide bonds. The van der Waals surface area contributed by atoms with Crippen molar-refractivity contribution in [3.63, 3.8) is 0 Å². The van der Waals surface area contributed by atoms with Gasteiger partial charge in [0.05, 0.1) is 25.9 Å². The maximum Gasteiger partial charge on any atom is 0.0962 e. The van der Waals surface area contributed by atoms with Gasteiger partial charge in [0.2, 0.25) is 0 Å². The highest BCUT2D eigenvalue weighted by Crippen LogP contribution is 2.11. The first kappa shape index (κ1) is 15.9. The van der Waals surface area contributed by atoms with E-state index in [1.54, 1.807) is 7.11 Å². The van der Waals surface area contributed by atoms with Gasteiger partial charge in [0, 0.05) is 33.0 Å². The molecule has 1 fully saturated rings. The van der Waals surface area contributed by atoms with Gasteiger partial charge in [-0.05, 0) is 19.4 Å². The Labute approximate surface area is 110 Å². The van der Waals surface area contributed by atoms with Crippen LogP contribution in [0.25, 0.3) is 0 Å². The van der Waals surface area contributed by atoms with E-state index in [0.717, 1.165) is 39.2 Å². The highest BCUT2D eigenvalue weighted by atomic mass is 16.6. The number of hydrogen-bond donors (Lipinski definition) is 1. The Balaban J connectivity index is 2.02. The zero-order valence-corrected chi connectivity index (χ0v) is 11.7. The molecule has 1 aliphatic heterocycles. The summed E-state index contributed by atoms with van der Waals surface area (Å²) in [5, 5.41) is 3.44. The number of rotatable bonds is 10. The summed E-state index contributed by atoms with van der Waals surface area (Å²) in [5.41, 5.74) is 0. The van der Waals surface area contributed by atoms with E-state index in [4.69, 9.17) is 18.9 Å². The van der Waals surface area contributed by atoms with Crippen molar-refractivity contribution in [1.82, 2.24) is 5.32 Å². The fourth-order valence-electron chi connectivity index (χ4n) is 2.04. The number of likely N-dealkylation sites (N-methyl/N-ethyl adjacent to an activating group) is 1. The normalized spacial score (nSPS) is 24.3. The molecule has 108 valence electrons. The van der Waals surface area contributed by atoms with E-state index in [0.29, 0.717) is 25.9 Å². The van der Waals surface area contributed by atoms with Crippen LogP contribution < -0.4 is 5.32 Å². The van der Waals surface area contributed by atoms with Gasteiger partial charge in [-0.3, -0.25) is 0 Å². The zero-order chi connectivity index (χ0) is 13.1. The third-order valence-electron chi connectivity index (χ3n) is 2.97. The second-order valence-electron chi connectivity index (χ2n) is 4.40. The molecule has 2 atom stereocenters. The molecular formula is C13H27NO4. The van der Waals surface area contributed by atoms with Crippen LogP contribution in [-0.2, 0) is 18.9 Å². The van der Waals surface area contributed by atoms with Crippen LogP contribution >= 0.6 is 0 Å². The van der Waals surface area contributed by atoms with Crippen LogP contribution in [0, 0.1) is 0 Å². The Morgan fingerprint density at radius 1 is 1.22 bits per heavy atom. The molecule has 0 radical (unpaired) electrons. The molecule has 0 bridgehead atoms. The van der Waals surface area contributed by atoms with Crippen LogP contribution in [0.15, 0.2) is 0 Å². The molecule has 2 unspecified atom stereocenters. The number of nitrogens with one attached hydrogen (secondary N) is 1. The largest absolute Gasteiger partial charge is 0.385 e. The third kappa shape index (κ3) is 6.66. The maximum absolute atomic E-state index is 5.81. The first-order chi connectivity index (χ1) is 8.88. The standard InChI is InChI=1S/C13H27NO4/c1-3-14-12-5-8-17-11-13(12)18-10-9-16-7-4-6-15-2/h12-14H,3-11H2,1-2H3. The first-order valence-corrected chi connectivity index (χ1v) is 6.88. The van der Waals surface area contributed by atoms with Crippen molar-refractivity contribution in [2.45, 2.75) is 31.9 Å². The van der Waals surface area contributed by atoms with Crippen LogP contribution in [-0.4, -0.2) is 65.4 Å². The van der Waals surface area contributed by atoms with Crippen molar-refractivity contribution < 1.29 is 18.9 Å². The SMILES string of the molecule is CCNC1CCOCC1OCCOCCCOC. The van der Waals surface area contributed by atoms with E-state index in [2.05, 4.69) is 12.2 Å². The van der Waals surface area contributed by atoms with E-state index >= 15 is 0 Å². The topological polar surface area (TPSA) is 49.0 Å². The third-order valence-corrected chi connectivity index (χ3v) is 2.97. The Morgan fingerprint density at radius 3 is 2.89 bits per heavy atom. The summed E-state index contributed by atoms with van der Waals surface area (Å²) < 4.78 is 21.7. The van der Waals surface area contributed by atoms with Crippen LogP contribution in [0.2, 0.25) is 0 Å². The quantitative estimate of drug-likeness (QED) is 0.590. The summed E-state index contributed by atoms with van der Waals surface area (Å²) >= 11 is 0. The Morgan fingerprint density at radius 2 is 2.11 bits per heavy atom. The van der Waals surface area contributed by atoms with Crippen molar-refractivity contribution in [2.75, 3.05) is 53.3 Å². The summed E-state index contributed by atoms with van der Waals surface area (Å²) in [6, 6.07) is 0.414. The summed E-state index contributed by atoms with van der Waals surface area (Å²) in [7, 11) is 1.70. The molecule has 5 nitrogen and oxygen atoms in total. The molecule has 0 saturated carbocycles. The Hall–Kier alpha value is -0.200. The highest BCUT2D eigenvalue weighted by molar-refractivity contribution is 4.79. The van der Waals surface area contributed by atoms with Crippen molar-refractivity contribution >= 4 is 0 Å². The number of ether oxygens (including phenoxy) is 4. The predicted molar refractivity (Wildman–Crippen MR) is 70.0 cm³/mol. The molecule has 1 saturated heterocycles. The lowest BCUT2D eigenvalue weighted by atomic mass is 10.1. The van der Waals surface area contributed by atoms with E-state index in [1.807, 2.05) is 0 Å². The van der Waals surface area contributed by atoms with E-state index in [9.17, 15) is 0 Å². The monoisotopic (exact) mass is 261 g/mol. The molecule has 18 heavy (non-hydrogen) atoms. The highest BCUT2D eigenvalue weighted by Gasteiger charge is 2.25. The smallest absolute Gasteiger partial charge is 0.0962 e. The summed E-state index contributed by atoms with van der Waals surface area (Å²) in [4.78, 5) is 0. The molecule has 0 aromatic heterocycles. The molecule has 0 aromatic carbocycles. The lowest BCUT2D eigenvalue weighted by Gasteiger charge is -2.31. The van der Waals surface area contributed by atoms with Crippen molar-refractivity contribution in [3.05, 3.63) is 0 Å². The number of hydrogen-bond acceptors (Lipinski definition) is 5. The fourth-order valence-corrected chi connectivity index (χ4v) is 2.04. The van der Waals surface area contributed by atoms with E-state index in [-0.39, 0.29) is 6.10 Å². The molecule has 0 aliphatic carbocycles. The molecule has 5 heteroatoms. The van der Waals surface area contributed by atoms with E-state index in [1.165, 1.54) is 0 Å². The van der Waals surface area contributed by atoms with Gasteiger partial charge in [0.1, 0.15) is 0 Å². The minimum Gasteiger partial charge on any atom is -0.385 e. The van der Waals surface area contributed by atoms with Crippen molar-refractivity contribution in [3.8, 4) is 0 Å². The summed E-state index contributed by atoms with van der Waals surface area (Å²) in [6.07, 6.45) is 2.11. The van der Waals surface area contributed by atoms with Gasteiger partial charge in [-0.2, -0.15) is 0 Å². The van der Waals surface area contributed by atoms with Gasteiger partial charge >= 0.3 is 0 Å². The maximum atomic E-state index is 5.81. The average Bonchev–Trinajstić information content (AvgIpc) is 2.40. The minimum atomic E-state index is 0.154. The Bertz CT molecular complexity index is 190. The van der Waals surface area contributed by atoms with Crippen molar-refractivity contribution in [1.29, 1.82) is 0 Å².